The molecule has 1 heterocycles. The van der Waals surface area contributed by atoms with Crippen molar-refractivity contribution in [2.24, 2.45) is 5.92 Å². The third kappa shape index (κ3) is 4.59. The Balaban J connectivity index is 2.00. The molecule has 0 saturated heterocycles. The summed E-state index contributed by atoms with van der Waals surface area (Å²) in [7, 11) is 0. The van der Waals surface area contributed by atoms with E-state index in [2.05, 4.69) is 15.4 Å². The van der Waals surface area contributed by atoms with E-state index in [4.69, 9.17) is 37.4 Å². The van der Waals surface area contributed by atoms with Crippen LogP contribution in [0.3, 0.4) is 0 Å². The van der Waals surface area contributed by atoms with E-state index in [1.165, 1.54) is 12.1 Å². The summed E-state index contributed by atoms with van der Waals surface area (Å²) < 4.78 is 15.0. The van der Waals surface area contributed by atoms with Crippen LogP contribution in [0.25, 0.3) is 0 Å². The zero-order chi connectivity index (χ0) is 17.7. The summed E-state index contributed by atoms with van der Waals surface area (Å²) in [6.07, 6.45) is 0. The summed E-state index contributed by atoms with van der Waals surface area (Å²) in [6, 6.07) is 4.53. The molecule has 0 unspecified atom stereocenters. The summed E-state index contributed by atoms with van der Waals surface area (Å²) in [5.41, 5.74) is -0.137. The number of nitrogens with zero attached hydrogens (tertiary/aromatic N) is 2. The number of rotatable bonds is 6. The first-order valence-corrected chi connectivity index (χ1v) is 7.51. The fraction of sp³-hybridized carbons (Fsp3) is 0.286. The molecule has 2 rings (SSSR count). The summed E-state index contributed by atoms with van der Waals surface area (Å²) in [5, 5.41) is 10.1. The van der Waals surface area contributed by atoms with Gasteiger partial charge in [0.15, 0.2) is 0 Å². The number of hydrogen-bond donors (Lipinski definition) is 1. The lowest BCUT2D eigenvalue weighted by molar-refractivity contribution is -0.155. The number of carbonyl (C=O) groups excluding carboxylic acids is 2. The highest BCUT2D eigenvalue weighted by atomic mass is 35.5. The van der Waals surface area contributed by atoms with E-state index < -0.39 is 18.7 Å². The molecular formula is C14H13Cl2N3O5. The molecule has 1 N–H and O–H groups in total. The van der Waals surface area contributed by atoms with Gasteiger partial charge in [-0.3, -0.25) is 4.79 Å². The maximum atomic E-state index is 11.9. The standard InChI is InChI=1S/C14H13Cl2N3O5/c1-7(2)13(20)22-6-23-14(21)11-12(18-19-17-11)24-8-3-4-9(15)10(16)5-8/h3-5,7H,6H2,1-2H3,(H,17,18,19). The predicted molar refractivity (Wildman–Crippen MR) is 84.1 cm³/mol. The monoisotopic (exact) mass is 373 g/mol. The summed E-state index contributed by atoms with van der Waals surface area (Å²) in [5.74, 6) is -1.47. The Hall–Kier alpha value is -2.32. The van der Waals surface area contributed by atoms with Crippen LogP contribution < -0.4 is 4.74 Å². The van der Waals surface area contributed by atoms with Crippen molar-refractivity contribution >= 4 is 35.1 Å². The number of nitrogens with one attached hydrogen (secondary N) is 1. The molecule has 0 amide bonds. The van der Waals surface area contributed by atoms with Crippen LogP contribution in [0.2, 0.25) is 10.0 Å². The minimum Gasteiger partial charge on any atom is -0.436 e. The van der Waals surface area contributed by atoms with Crippen LogP contribution in [0.1, 0.15) is 24.3 Å². The van der Waals surface area contributed by atoms with Crippen molar-refractivity contribution in [2.75, 3.05) is 6.79 Å². The first kappa shape index (κ1) is 18.0. The molecule has 1 aromatic carbocycles. The van der Waals surface area contributed by atoms with Gasteiger partial charge in [0.05, 0.1) is 16.0 Å². The lowest BCUT2D eigenvalue weighted by Gasteiger charge is -2.08. The highest BCUT2D eigenvalue weighted by Crippen LogP contribution is 2.29. The van der Waals surface area contributed by atoms with Gasteiger partial charge in [-0.15, -0.1) is 0 Å². The molecular weight excluding hydrogens is 361 g/mol. The van der Waals surface area contributed by atoms with Gasteiger partial charge in [0.1, 0.15) is 5.75 Å². The van der Waals surface area contributed by atoms with Gasteiger partial charge in [-0.2, -0.15) is 0 Å². The van der Waals surface area contributed by atoms with E-state index in [1.54, 1.807) is 19.9 Å². The van der Waals surface area contributed by atoms with Crippen molar-refractivity contribution in [2.45, 2.75) is 13.8 Å². The average Bonchev–Trinajstić information content (AvgIpc) is 2.98. The van der Waals surface area contributed by atoms with Crippen molar-refractivity contribution in [1.82, 2.24) is 15.4 Å². The highest BCUT2D eigenvalue weighted by molar-refractivity contribution is 6.42. The largest absolute Gasteiger partial charge is 0.436 e. The van der Waals surface area contributed by atoms with Gasteiger partial charge in [0.25, 0.3) is 5.88 Å². The Bertz CT molecular complexity index is 748. The number of ether oxygens (including phenoxy) is 3. The molecule has 128 valence electrons. The van der Waals surface area contributed by atoms with Crippen molar-refractivity contribution in [3.8, 4) is 11.6 Å². The van der Waals surface area contributed by atoms with Gasteiger partial charge in [0, 0.05) is 6.07 Å². The number of aromatic amines is 1. The number of esters is 2. The molecule has 0 fully saturated rings. The van der Waals surface area contributed by atoms with Gasteiger partial charge in [-0.25, -0.2) is 9.89 Å². The zero-order valence-electron chi connectivity index (χ0n) is 12.7. The van der Waals surface area contributed by atoms with E-state index in [0.717, 1.165) is 0 Å². The van der Waals surface area contributed by atoms with Gasteiger partial charge >= 0.3 is 11.9 Å². The molecule has 0 radical (unpaired) electrons. The van der Waals surface area contributed by atoms with Gasteiger partial charge in [-0.1, -0.05) is 47.4 Å². The van der Waals surface area contributed by atoms with Crippen molar-refractivity contribution in [1.29, 1.82) is 0 Å². The first-order valence-electron chi connectivity index (χ1n) is 6.76. The molecule has 0 saturated carbocycles. The van der Waals surface area contributed by atoms with Crippen LogP contribution in [0.5, 0.6) is 11.6 Å². The SMILES string of the molecule is CC(C)C(=O)OCOC(=O)c1[nH]nnc1Oc1ccc(Cl)c(Cl)c1. The fourth-order valence-electron chi connectivity index (χ4n) is 1.45. The average molecular weight is 374 g/mol. The Labute approximate surface area is 147 Å². The van der Waals surface area contributed by atoms with Crippen LogP contribution in [0.4, 0.5) is 0 Å². The van der Waals surface area contributed by atoms with Crippen molar-refractivity contribution in [3.63, 3.8) is 0 Å². The molecule has 1 aromatic heterocycles. The fourth-order valence-corrected chi connectivity index (χ4v) is 1.74. The van der Waals surface area contributed by atoms with E-state index in [-0.39, 0.29) is 22.5 Å². The molecule has 2 aromatic rings. The molecule has 0 aliphatic heterocycles. The Morgan fingerprint density at radius 2 is 1.96 bits per heavy atom. The second-order valence-electron chi connectivity index (χ2n) is 4.84. The van der Waals surface area contributed by atoms with E-state index in [9.17, 15) is 9.59 Å². The summed E-state index contributed by atoms with van der Waals surface area (Å²) in [6.45, 7) is 2.79. The highest BCUT2D eigenvalue weighted by Gasteiger charge is 2.20. The summed E-state index contributed by atoms with van der Waals surface area (Å²) >= 11 is 11.7. The Morgan fingerprint density at radius 3 is 2.62 bits per heavy atom. The van der Waals surface area contributed by atoms with E-state index >= 15 is 0 Å². The molecule has 0 spiro atoms. The van der Waals surface area contributed by atoms with Gasteiger partial charge in [0.2, 0.25) is 12.5 Å². The Morgan fingerprint density at radius 1 is 1.21 bits per heavy atom. The van der Waals surface area contributed by atoms with Gasteiger partial charge in [-0.05, 0) is 12.1 Å². The zero-order valence-corrected chi connectivity index (χ0v) is 14.2. The number of H-pyrrole nitrogens is 1. The molecule has 0 atom stereocenters. The van der Waals surface area contributed by atoms with Crippen LogP contribution in [-0.4, -0.2) is 34.1 Å². The predicted octanol–water partition coefficient (Wildman–Crippen LogP) is 3.22. The quantitative estimate of drug-likeness (QED) is 0.612. The third-order valence-electron chi connectivity index (χ3n) is 2.69. The van der Waals surface area contributed by atoms with Crippen LogP contribution in [0, 0.1) is 5.92 Å². The number of benzene rings is 1. The molecule has 24 heavy (non-hydrogen) atoms. The maximum Gasteiger partial charge on any atom is 0.365 e. The third-order valence-corrected chi connectivity index (χ3v) is 3.43. The topological polar surface area (TPSA) is 103 Å². The molecule has 8 nitrogen and oxygen atoms in total. The van der Waals surface area contributed by atoms with Crippen LogP contribution in [0.15, 0.2) is 18.2 Å². The Kier molecular flexibility index (Phi) is 5.99. The molecule has 0 aliphatic rings. The smallest absolute Gasteiger partial charge is 0.365 e. The number of hydrogen-bond acceptors (Lipinski definition) is 7. The normalized spacial score (nSPS) is 10.5. The van der Waals surface area contributed by atoms with E-state index in [0.29, 0.717) is 10.8 Å². The maximum absolute atomic E-state index is 11.9. The lowest BCUT2D eigenvalue weighted by atomic mass is 10.2. The summed E-state index contributed by atoms with van der Waals surface area (Å²) in [4.78, 5) is 23.2. The molecule has 0 bridgehead atoms. The first-order chi connectivity index (χ1) is 11.4. The van der Waals surface area contributed by atoms with E-state index in [1.807, 2.05) is 0 Å². The molecule has 10 heteroatoms. The second-order valence-corrected chi connectivity index (χ2v) is 5.65. The molecule has 0 aliphatic carbocycles. The van der Waals surface area contributed by atoms with Crippen molar-refractivity contribution < 1.29 is 23.8 Å². The van der Waals surface area contributed by atoms with Crippen LogP contribution in [-0.2, 0) is 14.3 Å². The number of carbonyl (C=O) groups is 2. The number of halogens is 2. The van der Waals surface area contributed by atoms with Crippen molar-refractivity contribution in [3.05, 3.63) is 33.9 Å². The second kappa shape index (κ2) is 7.98. The van der Waals surface area contributed by atoms with Crippen LogP contribution >= 0.6 is 23.2 Å². The number of aromatic nitrogens is 3. The lowest BCUT2D eigenvalue weighted by Crippen LogP contribution is -2.17. The minimum atomic E-state index is -0.841. The minimum absolute atomic E-state index is 0.117. The van der Waals surface area contributed by atoms with Gasteiger partial charge < -0.3 is 14.2 Å².